The van der Waals surface area contributed by atoms with Crippen LogP contribution in [0.2, 0.25) is 0 Å². The molecule has 0 spiro atoms. The Balaban J connectivity index is 2.51. The van der Waals surface area contributed by atoms with Crippen molar-refractivity contribution in [2.24, 2.45) is 0 Å². The van der Waals surface area contributed by atoms with Gasteiger partial charge >= 0.3 is 0 Å². The summed E-state index contributed by atoms with van der Waals surface area (Å²) in [6, 6.07) is 4.86. The molecule has 3 nitrogen and oxygen atoms in total. The highest BCUT2D eigenvalue weighted by Gasteiger charge is 2.09. The van der Waals surface area contributed by atoms with Crippen molar-refractivity contribution in [1.29, 1.82) is 0 Å². The lowest BCUT2D eigenvalue weighted by molar-refractivity contribution is 0.436. The Kier molecular flexibility index (Phi) is 2.41. The topological polar surface area (TPSA) is 52.0 Å². The molecular formula is C11H11FN2O. The normalized spacial score (nSPS) is 10.5. The van der Waals surface area contributed by atoms with Gasteiger partial charge in [-0.1, -0.05) is 18.1 Å². The molecule has 0 saturated carbocycles. The third kappa shape index (κ3) is 1.70. The highest BCUT2D eigenvalue weighted by molar-refractivity contribution is 5.72. The van der Waals surface area contributed by atoms with E-state index in [9.17, 15) is 4.39 Å². The molecule has 0 bridgehead atoms. The molecule has 0 aliphatic carbocycles. The average molecular weight is 206 g/mol. The number of benzene rings is 1. The van der Waals surface area contributed by atoms with Crippen LogP contribution in [0.15, 0.2) is 28.9 Å². The molecule has 0 saturated heterocycles. The molecule has 2 N–H and O–H groups in total. The number of hydrogen-bond donors (Lipinski definition) is 1. The van der Waals surface area contributed by atoms with Crippen LogP contribution >= 0.6 is 0 Å². The van der Waals surface area contributed by atoms with E-state index in [0.717, 1.165) is 5.56 Å². The molecule has 0 unspecified atom stereocenters. The molecule has 0 fully saturated rings. The molecule has 0 amide bonds. The van der Waals surface area contributed by atoms with Crippen LogP contribution in [0.5, 0.6) is 0 Å². The minimum atomic E-state index is -0.198. The minimum absolute atomic E-state index is 0.198. The third-order valence-electron chi connectivity index (χ3n) is 2.34. The van der Waals surface area contributed by atoms with Crippen molar-refractivity contribution < 1.29 is 8.91 Å². The molecule has 2 aromatic rings. The fourth-order valence-corrected chi connectivity index (χ4v) is 1.48. The van der Waals surface area contributed by atoms with Crippen LogP contribution in [-0.2, 0) is 6.42 Å². The molecule has 4 heteroatoms. The monoisotopic (exact) mass is 206 g/mol. The zero-order valence-corrected chi connectivity index (χ0v) is 8.33. The number of aromatic nitrogens is 1. The summed E-state index contributed by atoms with van der Waals surface area (Å²) in [5.74, 6) is 0.0555. The fraction of sp³-hybridized carbons (Fsp3) is 0.182. The van der Waals surface area contributed by atoms with Gasteiger partial charge in [-0.2, -0.15) is 0 Å². The van der Waals surface area contributed by atoms with Gasteiger partial charge in [0.2, 0.25) is 5.88 Å². The maximum atomic E-state index is 13.2. The number of nitrogen functional groups attached to an aromatic ring is 1. The lowest BCUT2D eigenvalue weighted by atomic mass is 10.0. The molecule has 15 heavy (non-hydrogen) atoms. The highest BCUT2D eigenvalue weighted by Crippen LogP contribution is 2.27. The summed E-state index contributed by atoms with van der Waals surface area (Å²) in [6.45, 7) is 1.90. The van der Waals surface area contributed by atoms with Gasteiger partial charge in [-0.25, -0.2) is 4.39 Å². The number of aryl methyl sites for hydroxylation is 1. The maximum Gasteiger partial charge on any atom is 0.229 e. The first-order chi connectivity index (χ1) is 7.22. The fourth-order valence-electron chi connectivity index (χ4n) is 1.48. The Bertz CT molecular complexity index is 479. The van der Waals surface area contributed by atoms with E-state index in [2.05, 4.69) is 5.16 Å². The lowest BCUT2D eigenvalue weighted by Crippen LogP contribution is -1.90. The first-order valence-electron chi connectivity index (χ1n) is 4.71. The number of rotatable bonds is 2. The zero-order valence-electron chi connectivity index (χ0n) is 8.33. The van der Waals surface area contributed by atoms with Gasteiger partial charge in [-0.3, -0.25) is 0 Å². The number of hydrogen-bond acceptors (Lipinski definition) is 3. The average Bonchev–Trinajstić information content (AvgIpc) is 2.65. The number of nitrogens with two attached hydrogens (primary N) is 1. The van der Waals surface area contributed by atoms with Gasteiger partial charge in [0.05, 0.1) is 11.8 Å². The maximum absolute atomic E-state index is 13.2. The van der Waals surface area contributed by atoms with Gasteiger partial charge in [0, 0.05) is 0 Å². The molecule has 0 radical (unpaired) electrons. The molecule has 0 aliphatic heterocycles. The van der Waals surface area contributed by atoms with E-state index in [-0.39, 0.29) is 11.7 Å². The lowest BCUT2D eigenvalue weighted by Gasteiger charge is -2.03. The first kappa shape index (κ1) is 9.71. The van der Waals surface area contributed by atoms with Crippen LogP contribution in [-0.4, -0.2) is 5.16 Å². The number of halogens is 1. The Morgan fingerprint density at radius 3 is 2.87 bits per heavy atom. The molecule has 2 rings (SSSR count). The van der Waals surface area contributed by atoms with Gasteiger partial charge in [0.1, 0.15) is 5.82 Å². The van der Waals surface area contributed by atoms with Crippen molar-refractivity contribution in [3.05, 3.63) is 35.8 Å². The van der Waals surface area contributed by atoms with E-state index >= 15 is 0 Å². The minimum Gasteiger partial charge on any atom is -0.367 e. The second-order valence-corrected chi connectivity index (χ2v) is 3.26. The largest absolute Gasteiger partial charge is 0.367 e. The summed E-state index contributed by atoms with van der Waals surface area (Å²) in [5, 5.41) is 3.58. The van der Waals surface area contributed by atoms with Gasteiger partial charge in [0.25, 0.3) is 0 Å². The van der Waals surface area contributed by atoms with Crippen molar-refractivity contribution in [2.75, 3.05) is 5.73 Å². The SMILES string of the molecule is CCc1cc(-c2cnoc2N)ccc1F. The molecule has 1 aromatic carbocycles. The predicted molar refractivity (Wildman–Crippen MR) is 55.7 cm³/mol. The second kappa shape index (κ2) is 3.73. The third-order valence-corrected chi connectivity index (χ3v) is 2.34. The number of anilines is 1. The van der Waals surface area contributed by atoms with E-state index in [4.69, 9.17) is 10.3 Å². The molecule has 0 aliphatic rings. The van der Waals surface area contributed by atoms with Crippen molar-refractivity contribution in [2.45, 2.75) is 13.3 Å². The van der Waals surface area contributed by atoms with Crippen LogP contribution in [0.25, 0.3) is 11.1 Å². The molecule has 1 heterocycles. The molecule has 1 aromatic heterocycles. The van der Waals surface area contributed by atoms with Crippen LogP contribution < -0.4 is 5.73 Å². The smallest absolute Gasteiger partial charge is 0.229 e. The second-order valence-electron chi connectivity index (χ2n) is 3.26. The van der Waals surface area contributed by atoms with E-state index in [1.165, 1.54) is 12.3 Å². The van der Waals surface area contributed by atoms with Crippen molar-refractivity contribution >= 4 is 5.88 Å². The van der Waals surface area contributed by atoms with E-state index < -0.39 is 0 Å². The van der Waals surface area contributed by atoms with Crippen LogP contribution in [0.3, 0.4) is 0 Å². The summed E-state index contributed by atoms with van der Waals surface area (Å²) >= 11 is 0. The Morgan fingerprint density at radius 2 is 2.27 bits per heavy atom. The van der Waals surface area contributed by atoms with E-state index in [1.807, 2.05) is 6.92 Å². The Morgan fingerprint density at radius 1 is 1.47 bits per heavy atom. The summed E-state index contributed by atoms with van der Waals surface area (Å²) < 4.78 is 18.0. The van der Waals surface area contributed by atoms with Crippen LogP contribution in [0, 0.1) is 5.82 Å². The van der Waals surface area contributed by atoms with Crippen molar-refractivity contribution in [3.63, 3.8) is 0 Å². The predicted octanol–water partition coefficient (Wildman–Crippen LogP) is 2.63. The van der Waals surface area contributed by atoms with Crippen molar-refractivity contribution in [3.8, 4) is 11.1 Å². The summed E-state index contributed by atoms with van der Waals surface area (Å²) in [6.07, 6.45) is 2.17. The Hall–Kier alpha value is -1.84. The summed E-state index contributed by atoms with van der Waals surface area (Å²) in [5.41, 5.74) is 7.76. The van der Waals surface area contributed by atoms with Gasteiger partial charge < -0.3 is 10.3 Å². The standard InChI is InChI=1S/C11H11FN2O/c1-2-7-5-8(3-4-10(7)12)9-6-14-15-11(9)13/h3-6H,2,13H2,1H3. The van der Waals surface area contributed by atoms with E-state index in [1.54, 1.807) is 12.1 Å². The van der Waals surface area contributed by atoms with Crippen LogP contribution in [0.4, 0.5) is 10.3 Å². The molecule has 0 atom stereocenters. The Labute approximate surface area is 86.7 Å². The van der Waals surface area contributed by atoms with Crippen molar-refractivity contribution in [1.82, 2.24) is 5.16 Å². The van der Waals surface area contributed by atoms with Gasteiger partial charge in [0.15, 0.2) is 0 Å². The molecular weight excluding hydrogens is 195 g/mol. The number of nitrogens with zero attached hydrogens (tertiary/aromatic N) is 1. The quantitative estimate of drug-likeness (QED) is 0.821. The summed E-state index contributed by atoms with van der Waals surface area (Å²) in [4.78, 5) is 0. The molecule has 78 valence electrons. The first-order valence-corrected chi connectivity index (χ1v) is 4.71. The van der Waals surface area contributed by atoms with Crippen LogP contribution in [0.1, 0.15) is 12.5 Å². The van der Waals surface area contributed by atoms with E-state index in [0.29, 0.717) is 17.5 Å². The highest BCUT2D eigenvalue weighted by atomic mass is 19.1. The van der Waals surface area contributed by atoms with Gasteiger partial charge in [-0.15, -0.1) is 0 Å². The zero-order chi connectivity index (χ0) is 10.8. The van der Waals surface area contributed by atoms with Gasteiger partial charge in [-0.05, 0) is 29.7 Å². The summed E-state index contributed by atoms with van der Waals surface area (Å²) in [7, 11) is 0.